The van der Waals surface area contributed by atoms with Gasteiger partial charge in [-0.25, -0.2) is 0 Å². The van der Waals surface area contributed by atoms with Crippen LogP contribution in [0.3, 0.4) is 0 Å². The molecule has 1 atom stereocenters. The Morgan fingerprint density at radius 2 is 2.16 bits per heavy atom. The number of piperazine rings is 1. The minimum Gasteiger partial charge on any atom is -0.336 e. The second-order valence-electron chi connectivity index (χ2n) is 6.32. The molecule has 2 N–H and O–H groups in total. The number of benzene rings is 1. The first-order valence-corrected chi connectivity index (χ1v) is 9.31. The monoisotopic (exact) mass is 352 g/mol. The summed E-state index contributed by atoms with van der Waals surface area (Å²) in [5, 5.41) is 12.7. The fourth-order valence-electron chi connectivity index (χ4n) is 3.18. The molecule has 1 aromatic carbocycles. The Bertz CT molecular complexity index is 870. The molecule has 0 aliphatic carbocycles. The summed E-state index contributed by atoms with van der Waals surface area (Å²) < 4.78 is 0. The standard InChI is InChI=1S/C19H20N4OS/c1-13-11-23(8-7-20-13)19(24)15-9-17(25-12-15)16-10-21-22-18(16)14-5-3-2-4-6-14/h2-6,9-10,12-13,20H,7-8,11H2,1H3,(H,21,22)/t13-/m0/s1. The zero-order valence-electron chi connectivity index (χ0n) is 14.0. The van der Waals surface area contributed by atoms with Crippen molar-refractivity contribution in [2.24, 2.45) is 0 Å². The third kappa shape index (κ3) is 3.23. The van der Waals surface area contributed by atoms with E-state index in [2.05, 4.69) is 22.4 Å². The molecule has 0 saturated carbocycles. The highest BCUT2D eigenvalue weighted by Gasteiger charge is 2.23. The molecule has 128 valence electrons. The average Bonchev–Trinajstić information content (AvgIpc) is 3.31. The van der Waals surface area contributed by atoms with Gasteiger partial charge in [-0.2, -0.15) is 5.10 Å². The smallest absolute Gasteiger partial charge is 0.254 e. The van der Waals surface area contributed by atoms with E-state index >= 15 is 0 Å². The molecule has 0 spiro atoms. The van der Waals surface area contributed by atoms with Crippen LogP contribution in [-0.4, -0.2) is 46.7 Å². The number of H-pyrrole nitrogens is 1. The first kappa shape index (κ1) is 16.1. The Morgan fingerprint density at radius 1 is 1.32 bits per heavy atom. The van der Waals surface area contributed by atoms with Crippen molar-refractivity contribution in [1.82, 2.24) is 20.4 Å². The predicted octanol–water partition coefficient (Wildman–Crippen LogP) is 3.24. The third-order valence-electron chi connectivity index (χ3n) is 4.46. The Kier molecular flexibility index (Phi) is 4.38. The number of nitrogens with one attached hydrogen (secondary N) is 2. The molecule has 0 bridgehead atoms. The molecule has 1 aliphatic rings. The number of aromatic amines is 1. The number of hydrogen-bond donors (Lipinski definition) is 2. The Labute approximate surface area is 150 Å². The normalized spacial score (nSPS) is 17.6. The van der Waals surface area contributed by atoms with E-state index in [1.165, 1.54) is 0 Å². The summed E-state index contributed by atoms with van der Waals surface area (Å²) in [5.74, 6) is 0.112. The Balaban J connectivity index is 1.60. The van der Waals surface area contributed by atoms with Crippen LogP contribution in [0.15, 0.2) is 48.0 Å². The molecule has 0 radical (unpaired) electrons. The topological polar surface area (TPSA) is 61.0 Å². The van der Waals surface area contributed by atoms with E-state index in [9.17, 15) is 4.79 Å². The number of thiophene rings is 1. The maximum atomic E-state index is 12.8. The van der Waals surface area contributed by atoms with Crippen LogP contribution in [0.1, 0.15) is 17.3 Å². The van der Waals surface area contributed by atoms with Gasteiger partial charge in [0.05, 0.1) is 5.56 Å². The van der Waals surface area contributed by atoms with Gasteiger partial charge in [-0.05, 0) is 13.0 Å². The van der Waals surface area contributed by atoms with E-state index < -0.39 is 0 Å². The minimum absolute atomic E-state index is 0.112. The molecular weight excluding hydrogens is 332 g/mol. The molecule has 3 heterocycles. The van der Waals surface area contributed by atoms with Crippen molar-refractivity contribution < 1.29 is 4.79 Å². The highest BCUT2D eigenvalue weighted by Crippen LogP contribution is 2.34. The van der Waals surface area contributed by atoms with Crippen molar-refractivity contribution in [2.75, 3.05) is 19.6 Å². The molecule has 5 nitrogen and oxygen atoms in total. The van der Waals surface area contributed by atoms with Crippen LogP contribution in [-0.2, 0) is 0 Å². The molecule has 1 saturated heterocycles. The van der Waals surface area contributed by atoms with Crippen LogP contribution >= 0.6 is 11.3 Å². The highest BCUT2D eigenvalue weighted by atomic mass is 32.1. The molecule has 25 heavy (non-hydrogen) atoms. The molecule has 1 aliphatic heterocycles. The number of nitrogens with zero attached hydrogens (tertiary/aromatic N) is 2. The van der Waals surface area contributed by atoms with Gasteiger partial charge in [0.2, 0.25) is 0 Å². The van der Waals surface area contributed by atoms with Gasteiger partial charge in [0, 0.05) is 53.3 Å². The second-order valence-corrected chi connectivity index (χ2v) is 7.23. The Morgan fingerprint density at radius 3 is 2.96 bits per heavy atom. The van der Waals surface area contributed by atoms with Gasteiger partial charge in [-0.3, -0.25) is 9.89 Å². The second kappa shape index (κ2) is 6.82. The number of aromatic nitrogens is 2. The van der Waals surface area contributed by atoms with Gasteiger partial charge in [-0.15, -0.1) is 11.3 Å². The van der Waals surface area contributed by atoms with Gasteiger partial charge in [0.15, 0.2) is 0 Å². The molecule has 2 aromatic heterocycles. The molecule has 1 fully saturated rings. The highest BCUT2D eigenvalue weighted by molar-refractivity contribution is 7.14. The summed E-state index contributed by atoms with van der Waals surface area (Å²) in [6.07, 6.45) is 1.90. The van der Waals surface area contributed by atoms with Gasteiger partial charge in [0.25, 0.3) is 5.91 Å². The van der Waals surface area contributed by atoms with Crippen molar-refractivity contribution in [2.45, 2.75) is 13.0 Å². The molecule has 1 amide bonds. The van der Waals surface area contributed by atoms with E-state index in [4.69, 9.17) is 0 Å². The van der Waals surface area contributed by atoms with E-state index in [1.807, 2.05) is 52.9 Å². The lowest BCUT2D eigenvalue weighted by Crippen LogP contribution is -2.51. The van der Waals surface area contributed by atoms with Crippen molar-refractivity contribution >= 4 is 17.2 Å². The summed E-state index contributed by atoms with van der Waals surface area (Å²) >= 11 is 1.59. The maximum Gasteiger partial charge on any atom is 0.254 e. The van der Waals surface area contributed by atoms with Crippen LogP contribution in [0.25, 0.3) is 21.7 Å². The predicted molar refractivity (Wildman–Crippen MR) is 101 cm³/mol. The van der Waals surface area contributed by atoms with Crippen LogP contribution < -0.4 is 5.32 Å². The van der Waals surface area contributed by atoms with Gasteiger partial charge >= 0.3 is 0 Å². The van der Waals surface area contributed by atoms with Crippen molar-refractivity contribution in [1.29, 1.82) is 0 Å². The summed E-state index contributed by atoms with van der Waals surface area (Å²) in [6, 6.07) is 12.4. The zero-order valence-corrected chi connectivity index (χ0v) is 14.8. The largest absolute Gasteiger partial charge is 0.336 e. The third-order valence-corrected chi connectivity index (χ3v) is 5.42. The molecule has 6 heteroatoms. The van der Waals surface area contributed by atoms with E-state index in [-0.39, 0.29) is 5.91 Å². The quantitative estimate of drug-likeness (QED) is 0.761. The van der Waals surface area contributed by atoms with E-state index in [0.29, 0.717) is 6.04 Å². The minimum atomic E-state index is 0.112. The number of carbonyl (C=O) groups is 1. The summed E-state index contributed by atoms with van der Waals surface area (Å²) in [6.45, 7) is 4.47. The molecular formula is C19H20N4OS. The summed E-state index contributed by atoms with van der Waals surface area (Å²) in [5.41, 5.74) is 3.77. The van der Waals surface area contributed by atoms with Gasteiger partial charge < -0.3 is 10.2 Å². The van der Waals surface area contributed by atoms with Crippen molar-refractivity contribution in [3.63, 3.8) is 0 Å². The van der Waals surface area contributed by atoms with Crippen molar-refractivity contribution in [3.05, 3.63) is 53.5 Å². The molecule has 3 aromatic rings. The lowest BCUT2D eigenvalue weighted by atomic mass is 10.1. The SMILES string of the molecule is C[C@H]1CN(C(=O)c2csc(-c3c[nH]nc3-c3ccccc3)c2)CCN1. The average molecular weight is 352 g/mol. The number of rotatable bonds is 3. The lowest BCUT2D eigenvalue weighted by Gasteiger charge is -2.31. The fourth-order valence-corrected chi connectivity index (χ4v) is 4.08. The van der Waals surface area contributed by atoms with Crippen molar-refractivity contribution in [3.8, 4) is 21.7 Å². The summed E-state index contributed by atoms with van der Waals surface area (Å²) in [4.78, 5) is 15.8. The number of carbonyl (C=O) groups excluding carboxylic acids is 1. The van der Waals surface area contributed by atoms with E-state index in [0.717, 1.165) is 46.9 Å². The molecule has 0 unspecified atom stereocenters. The maximum absolute atomic E-state index is 12.8. The molecule has 4 rings (SSSR count). The number of hydrogen-bond acceptors (Lipinski definition) is 4. The van der Waals surface area contributed by atoms with Gasteiger partial charge in [0.1, 0.15) is 5.69 Å². The summed E-state index contributed by atoms with van der Waals surface area (Å²) in [7, 11) is 0. The van der Waals surface area contributed by atoms with Crippen LogP contribution in [0.4, 0.5) is 0 Å². The lowest BCUT2D eigenvalue weighted by molar-refractivity contribution is 0.0709. The fraction of sp³-hybridized carbons (Fsp3) is 0.263. The zero-order chi connectivity index (χ0) is 17.2. The number of amides is 1. The van der Waals surface area contributed by atoms with Crippen LogP contribution in [0, 0.1) is 0 Å². The van der Waals surface area contributed by atoms with Crippen LogP contribution in [0.5, 0.6) is 0 Å². The van der Waals surface area contributed by atoms with Gasteiger partial charge in [-0.1, -0.05) is 30.3 Å². The van der Waals surface area contributed by atoms with E-state index in [1.54, 1.807) is 11.3 Å². The first-order valence-electron chi connectivity index (χ1n) is 8.43. The Hall–Kier alpha value is -2.44. The first-order chi connectivity index (χ1) is 12.2. The van der Waals surface area contributed by atoms with Crippen LogP contribution in [0.2, 0.25) is 0 Å².